The molecule has 0 radical (unpaired) electrons. The second-order valence-electron chi connectivity index (χ2n) is 8.15. The van der Waals surface area contributed by atoms with Crippen molar-refractivity contribution in [2.45, 2.75) is 24.9 Å². The van der Waals surface area contributed by atoms with Crippen LogP contribution >= 0.6 is 23.1 Å². The number of thiazole rings is 1. The topological polar surface area (TPSA) is 66.4 Å². The van der Waals surface area contributed by atoms with Crippen molar-refractivity contribution < 1.29 is 31.4 Å². The zero-order valence-corrected chi connectivity index (χ0v) is 22.9. The Morgan fingerprint density at radius 3 is 2.47 bits per heavy atom. The second kappa shape index (κ2) is 10.9. The van der Waals surface area contributed by atoms with Gasteiger partial charge in [-0.3, -0.25) is 9.36 Å². The predicted octanol–water partition coefficient (Wildman–Crippen LogP) is 0.104. The average Bonchev–Trinajstić information content (AvgIpc) is 3.36. The van der Waals surface area contributed by atoms with Gasteiger partial charge in [-0.05, 0) is 37.3 Å². The van der Waals surface area contributed by atoms with Crippen LogP contribution in [0.5, 0.6) is 0 Å². The first-order chi connectivity index (χ1) is 17.0. The van der Waals surface area contributed by atoms with Crippen LogP contribution in [-0.2, 0) is 13.1 Å². The summed E-state index contributed by atoms with van der Waals surface area (Å²) in [5.41, 5.74) is 3.37. The smallest absolute Gasteiger partial charge is 0.335 e. The largest absolute Gasteiger partial charge is 1.00 e. The van der Waals surface area contributed by atoms with Gasteiger partial charge in [-0.2, -0.15) is 4.57 Å². The molecule has 5 rings (SSSR count). The summed E-state index contributed by atoms with van der Waals surface area (Å²) in [4.78, 5) is 27.8. The van der Waals surface area contributed by atoms with E-state index in [4.69, 9.17) is 5.11 Å². The fourth-order valence-corrected chi connectivity index (χ4v) is 6.57. The monoisotopic (exact) mass is 581 g/mol. The van der Waals surface area contributed by atoms with Gasteiger partial charge in [0.1, 0.15) is 14.2 Å². The van der Waals surface area contributed by atoms with E-state index in [-0.39, 0.29) is 28.1 Å². The Morgan fingerprint density at radius 2 is 1.78 bits per heavy atom. The Hall–Kier alpha value is -3.14. The SMILES string of the molecule is CCn1c(=Cc2cccc[n+]2Cc2ccc(C(=O)O)cc2)sc(=C2Sc3ccccc3N2C)c1=O.[Br-]. The van der Waals surface area contributed by atoms with Gasteiger partial charge in [-0.1, -0.05) is 36.0 Å². The Morgan fingerprint density at radius 1 is 1.06 bits per heavy atom. The number of carboxylic acid groups (broad SMARTS) is 1. The molecule has 2 aromatic heterocycles. The number of carboxylic acids is 1. The van der Waals surface area contributed by atoms with Gasteiger partial charge in [0.25, 0.3) is 5.56 Å². The second-order valence-corrected chi connectivity index (χ2v) is 10.2. The number of anilines is 1. The maximum Gasteiger partial charge on any atom is 0.335 e. The van der Waals surface area contributed by atoms with Gasteiger partial charge in [0, 0.05) is 42.3 Å². The van der Waals surface area contributed by atoms with Crippen LogP contribution in [0.2, 0.25) is 0 Å². The molecule has 0 bridgehead atoms. The van der Waals surface area contributed by atoms with Gasteiger partial charge < -0.3 is 27.0 Å². The molecule has 1 aliphatic heterocycles. The van der Waals surface area contributed by atoms with E-state index >= 15 is 0 Å². The third-order valence-corrected chi connectivity index (χ3v) is 8.45. The maximum absolute atomic E-state index is 13.4. The molecule has 0 spiro atoms. The molecule has 0 aliphatic carbocycles. The van der Waals surface area contributed by atoms with Crippen molar-refractivity contribution in [1.82, 2.24) is 4.57 Å². The van der Waals surface area contributed by atoms with Gasteiger partial charge in [0.05, 0.1) is 11.3 Å². The van der Waals surface area contributed by atoms with E-state index in [2.05, 4.69) is 27.7 Å². The molecule has 1 aliphatic rings. The molecule has 0 amide bonds. The third kappa shape index (κ3) is 4.91. The molecule has 1 N–H and O–H groups in total. The highest BCUT2D eigenvalue weighted by Gasteiger charge is 2.24. The fourth-order valence-electron chi connectivity index (χ4n) is 4.11. The summed E-state index contributed by atoms with van der Waals surface area (Å²) in [7, 11) is 2.01. The van der Waals surface area contributed by atoms with Crippen LogP contribution in [0.4, 0.5) is 5.69 Å². The normalized spacial score (nSPS) is 14.5. The van der Waals surface area contributed by atoms with Crippen LogP contribution < -0.4 is 41.2 Å². The third-order valence-electron chi connectivity index (χ3n) is 5.96. The molecule has 0 unspecified atom stereocenters. The van der Waals surface area contributed by atoms with Crippen LogP contribution in [0.3, 0.4) is 0 Å². The van der Waals surface area contributed by atoms with Gasteiger partial charge >= 0.3 is 5.97 Å². The van der Waals surface area contributed by atoms with Crippen molar-refractivity contribution in [3.05, 3.63) is 109 Å². The number of hydrogen-bond donors (Lipinski definition) is 1. The number of carbonyl (C=O) groups is 1. The van der Waals surface area contributed by atoms with Gasteiger partial charge in [0.2, 0.25) is 5.69 Å². The zero-order valence-electron chi connectivity index (χ0n) is 19.7. The van der Waals surface area contributed by atoms with Gasteiger partial charge in [-0.25, -0.2) is 4.79 Å². The lowest BCUT2D eigenvalue weighted by molar-refractivity contribution is -0.690. The number of rotatable bonds is 5. The molecule has 36 heavy (non-hydrogen) atoms. The van der Waals surface area contributed by atoms with E-state index in [1.54, 1.807) is 23.9 Å². The first kappa shape index (κ1) is 25.9. The minimum atomic E-state index is -0.934. The van der Waals surface area contributed by atoms with Crippen LogP contribution in [0, 0.1) is 0 Å². The number of benzene rings is 2. The number of nitrogens with zero attached hydrogens (tertiary/aromatic N) is 3. The van der Waals surface area contributed by atoms with Crippen molar-refractivity contribution in [2.24, 2.45) is 0 Å². The van der Waals surface area contributed by atoms with E-state index in [9.17, 15) is 9.59 Å². The van der Waals surface area contributed by atoms with Crippen LogP contribution in [0.15, 0.2) is 82.6 Å². The lowest BCUT2D eigenvalue weighted by Crippen LogP contribution is -3.00. The molecule has 6 nitrogen and oxygen atoms in total. The molecule has 0 fully saturated rings. The lowest BCUT2D eigenvalue weighted by Gasteiger charge is -2.11. The fraction of sp³-hybridized carbons (Fsp3) is 0.148. The van der Waals surface area contributed by atoms with E-state index < -0.39 is 5.97 Å². The summed E-state index contributed by atoms with van der Waals surface area (Å²) in [6.45, 7) is 3.16. The number of aromatic carboxylic acids is 1. The number of thioether (sulfide) groups is 1. The van der Waals surface area contributed by atoms with Crippen LogP contribution in [0.1, 0.15) is 28.5 Å². The number of hydrogen-bond acceptors (Lipinski definition) is 5. The number of aromatic nitrogens is 2. The van der Waals surface area contributed by atoms with Crippen molar-refractivity contribution in [3.63, 3.8) is 0 Å². The Balaban J connectivity index is 0.00000304. The highest BCUT2D eigenvalue weighted by atomic mass is 79.9. The standard InChI is InChI=1S/C27H23N3O3S2.BrH/c1-3-30-23(35-24(25(30)31)26-28(2)21-9-4-5-10-22(21)34-26)16-20-8-6-7-15-29(20)17-18-11-13-19(14-12-18)27(32)33;/h4-16H,3,17H2,1-2H3;1H. The number of halogens is 1. The molecule has 184 valence electrons. The summed E-state index contributed by atoms with van der Waals surface area (Å²) in [5, 5.41) is 10.1. The summed E-state index contributed by atoms with van der Waals surface area (Å²) in [6, 6.07) is 21.1. The highest BCUT2D eigenvalue weighted by Crippen LogP contribution is 2.44. The minimum Gasteiger partial charge on any atom is -1.00 e. The Kier molecular flexibility index (Phi) is 7.82. The van der Waals surface area contributed by atoms with E-state index in [1.807, 2.05) is 67.2 Å². The molecule has 0 atom stereocenters. The van der Waals surface area contributed by atoms with Crippen LogP contribution in [0.25, 0.3) is 11.1 Å². The molecular formula is C27H24BrN3O3S2. The van der Waals surface area contributed by atoms with Crippen molar-refractivity contribution in [2.75, 3.05) is 11.9 Å². The highest BCUT2D eigenvalue weighted by molar-refractivity contribution is 8.08. The molecule has 0 saturated heterocycles. The van der Waals surface area contributed by atoms with Gasteiger partial charge in [0.15, 0.2) is 12.7 Å². The summed E-state index contributed by atoms with van der Waals surface area (Å²) in [5.74, 6) is -0.934. The van der Waals surface area contributed by atoms with Crippen molar-refractivity contribution in [1.29, 1.82) is 0 Å². The quantitative estimate of drug-likeness (QED) is 0.339. The molecule has 9 heteroatoms. The maximum atomic E-state index is 13.4. The minimum absolute atomic E-state index is 0. The first-order valence-electron chi connectivity index (χ1n) is 11.2. The molecule has 0 saturated carbocycles. The van der Waals surface area contributed by atoms with E-state index in [1.165, 1.54) is 11.3 Å². The average molecular weight is 583 g/mol. The van der Waals surface area contributed by atoms with Crippen molar-refractivity contribution >= 4 is 45.9 Å². The van der Waals surface area contributed by atoms with Crippen molar-refractivity contribution in [3.8, 4) is 0 Å². The number of para-hydroxylation sites is 1. The predicted molar refractivity (Wildman–Crippen MR) is 140 cm³/mol. The zero-order chi connectivity index (χ0) is 24.5. The number of fused-ring (bicyclic) bond motifs is 1. The van der Waals surface area contributed by atoms with E-state index in [0.717, 1.165) is 36.1 Å². The Labute approximate surface area is 227 Å². The van der Waals surface area contributed by atoms with Gasteiger partial charge in [-0.15, -0.1) is 11.3 Å². The summed E-state index contributed by atoms with van der Waals surface area (Å²) < 4.78 is 5.56. The molecule has 2 aromatic carbocycles. The molecule has 4 aromatic rings. The Bertz CT molecular complexity index is 1610. The number of pyridine rings is 1. The molecular weight excluding hydrogens is 558 g/mol. The summed E-state index contributed by atoms with van der Waals surface area (Å²) in [6.07, 6.45) is 4.05. The molecule has 3 heterocycles. The lowest BCUT2D eigenvalue weighted by atomic mass is 10.1. The van der Waals surface area contributed by atoms with E-state index in [0.29, 0.717) is 13.1 Å². The first-order valence-corrected chi connectivity index (χ1v) is 12.9. The summed E-state index contributed by atoms with van der Waals surface area (Å²) >= 11 is 3.15. The van der Waals surface area contributed by atoms with Crippen LogP contribution in [-0.4, -0.2) is 22.7 Å².